The van der Waals surface area contributed by atoms with E-state index in [2.05, 4.69) is 11.9 Å². The average Bonchev–Trinajstić information content (AvgIpc) is 2.75. The third kappa shape index (κ3) is 4.81. The summed E-state index contributed by atoms with van der Waals surface area (Å²) in [4.78, 5) is 39.8. The van der Waals surface area contributed by atoms with E-state index in [1.807, 2.05) is 0 Å². The molecule has 0 spiro atoms. The predicted octanol–water partition coefficient (Wildman–Crippen LogP) is 3.20. The lowest BCUT2D eigenvalue weighted by Crippen LogP contribution is -2.50. The number of anilines is 1. The molecule has 0 aliphatic carbocycles. The van der Waals surface area contributed by atoms with E-state index in [0.29, 0.717) is 37.4 Å². The number of nitrogens with one attached hydrogen (secondary N) is 1. The van der Waals surface area contributed by atoms with Crippen LogP contribution in [-0.2, 0) is 4.79 Å². The van der Waals surface area contributed by atoms with E-state index in [9.17, 15) is 18.8 Å². The highest BCUT2D eigenvalue weighted by Crippen LogP contribution is 2.18. The normalized spacial score (nSPS) is 13.7. The first-order valence-corrected chi connectivity index (χ1v) is 9.34. The molecule has 1 aliphatic rings. The summed E-state index contributed by atoms with van der Waals surface area (Å²) in [6.07, 6.45) is 1.27. The van der Waals surface area contributed by atoms with Gasteiger partial charge in [-0.15, -0.1) is 0 Å². The Morgan fingerprint density at radius 2 is 1.55 bits per heavy atom. The average molecular weight is 416 g/mol. The Morgan fingerprint density at radius 1 is 0.966 bits per heavy atom. The van der Waals surface area contributed by atoms with E-state index in [4.69, 9.17) is 11.6 Å². The van der Waals surface area contributed by atoms with E-state index >= 15 is 0 Å². The summed E-state index contributed by atoms with van der Waals surface area (Å²) in [7, 11) is 0. The van der Waals surface area contributed by atoms with Crippen LogP contribution in [-0.4, -0.2) is 53.7 Å². The molecule has 2 aromatic rings. The number of nitrogens with zero attached hydrogens (tertiary/aromatic N) is 2. The molecule has 0 radical (unpaired) electrons. The first kappa shape index (κ1) is 20.5. The van der Waals surface area contributed by atoms with Gasteiger partial charge in [-0.3, -0.25) is 14.4 Å². The zero-order valence-electron chi connectivity index (χ0n) is 15.5. The summed E-state index contributed by atoms with van der Waals surface area (Å²) < 4.78 is 13.2. The molecular weight excluding hydrogens is 397 g/mol. The van der Waals surface area contributed by atoms with E-state index in [-0.39, 0.29) is 22.4 Å². The molecule has 29 heavy (non-hydrogen) atoms. The van der Waals surface area contributed by atoms with Gasteiger partial charge in [0.05, 0.1) is 5.02 Å². The molecule has 0 bridgehead atoms. The molecule has 3 amide bonds. The molecule has 0 aromatic heterocycles. The summed E-state index contributed by atoms with van der Waals surface area (Å²) >= 11 is 5.70. The maximum atomic E-state index is 13.2. The van der Waals surface area contributed by atoms with E-state index in [1.165, 1.54) is 18.2 Å². The van der Waals surface area contributed by atoms with Crippen LogP contribution >= 0.6 is 11.6 Å². The monoisotopic (exact) mass is 415 g/mol. The van der Waals surface area contributed by atoms with E-state index < -0.39 is 11.7 Å². The molecule has 1 aliphatic heterocycles. The quantitative estimate of drug-likeness (QED) is 0.779. The van der Waals surface area contributed by atoms with Gasteiger partial charge in [0.1, 0.15) is 5.82 Å². The van der Waals surface area contributed by atoms with Crippen molar-refractivity contribution in [2.24, 2.45) is 0 Å². The van der Waals surface area contributed by atoms with Gasteiger partial charge in [-0.1, -0.05) is 18.2 Å². The molecule has 1 saturated heterocycles. The van der Waals surface area contributed by atoms with Crippen LogP contribution < -0.4 is 5.32 Å². The van der Waals surface area contributed by atoms with Gasteiger partial charge in [0, 0.05) is 43.0 Å². The molecule has 6 nitrogen and oxygen atoms in total. The lowest BCUT2D eigenvalue weighted by molar-refractivity contribution is -0.127. The third-order valence-electron chi connectivity index (χ3n) is 4.62. The van der Waals surface area contributed by atoms with Crippen molar-refractivity contribution < 1.29 is 18.8 Å². The Balaban J connectivity index is 1.60. The molecule has 8 heteroatoms. The third-order valence-corrected chi connectivity index (χ3v) is 4.91. The minimum absolute atomic E-state index is 0.131. The van der Waals surface area contributed by atoms with Crippen LogP contribution in [0.1, 0.15) is 20.7 Å². The number of carbonyl (C=O) groups is 3. The molecule has 2 aromatic carbocycles. The SMILES string of the molecule is C=CC(=O)N1CCN(C(=O)c2ccc(NC(=O)c3ccc(F)c(Cl)c3)cc2)CC1. The standard InChI is InChI=1S/C21H19ClFN3O3/c1-2-19(27)25-9-11-26(12-10-25)21(29)14-3-6-16(7-4-14)24-20(28)15-5-8-18(23)17(22)13-15/h2-8,13H,1,9-12H2,(H,24,28). The van der Waals surface area contributed by atoms with Gasteiger partial charge in [0.25, 0.3) is 11.8 Å². The van der Waals surface area contributed by atoms with Gasteiger partial charge in [-0.25, -0.2) is 4.39 Å². The Bertz CT molecular complexity index is 954. The van der Waals surface area contributed by atoms with Crippen LogP contribution in [0.5, 0.6) is 0 Å². The highest BCUT2D eigenvalue weighted by Gasteiger charge is 2.23. The Labute approximate surface area is 172 Å². The number of hydrogen-bond acceptors (Lipinski definition) is 3. The van der Waals surface area contributed by atoms with Crippen molar-refractivity contribution in [2.75, 3.05) is 31.5 Å². The minimum Gasteiger partial charge on any atom is -0.336 e. The fraction of sp³-hybridized carbons (Fsp3) is 0.190. The maximum absolute atomic E-state index is 13.2. The zero-order chi connectivity index (χ0) is 21.0. The van der Waals surface area contributed by atoms with Crippen molar-refractivity contribution in [3.8, 4) is 0 Å². The zero-order valence-corrected chi connectivity index (χ0v) is 16.3. The number of hydrogen-bond donors (Lipinski definition) is 1. The van der Waals surface area contributed by atoms with Crippen LogP contribution in [0.3, 0.4) is 0 Å². The van der Waals surface area contributed by atoms with Crippen LogP contribution in [0.2, 0.25) is 5.02 Å². The highest BCUT2D eigenvalue weighted by molar-refractivity contribution is 6.31. The number of amides is 3. The number of rotatable bonds is 4. The van der Waals surface area contributed by atoms with Crippen molar-refractivity contribution in [3.05, 3.63) is 77.1 Å². The van der Waals surface area contributed by atoms with E-state index in [1.54, 1.807) is 34.1 Å². The summed E-state index contributed by atoms with van der Waals surface area (Å²) in [6, 6.07) is 10.2. The number of benzene rings is 2. The summed E-state index contributed by atoms with van der Waals surface area (Å²) in [5.41, 5.74) is 1.20. The second kappa shape index (κ2) is 8.87. The smallest absolute Gasteiger partial charge is 0.255 e. The first-order valence-electron chi connectivity index (χ1n) is 8.96. The van der Waals surface area contributed by atoms with Crippen LogP contribution in [0.25, 0.3) is 0 Å². The van der Waals surface area contributed by atoms with Crippen molar-refractivity contribution >= 4 is 35.0 Å². The molecule has 0 saturated carbocycles. The summed E-state index contributed by atoms with van der Waals surface area (Å²) in [5.74, 6) is -1.31. The maximum Gasteiger partial charge on any atom is 0.255 e. The molecule has 1 heterocycles. The highest BCUT2D eigenvalue weighted by atomic mass is 35.5. The molecule has 3 rings (SSSR count). The molecule has 1 N–H and O–H groups in total. The molecule has 0 atom stereocenters. The van der Waals surface area contributed by atoms with Gasteiger partial charge in [-0.2, -0.15) is 0 Å². The molecule has 150 valence electrons. The Kier molecular flexibility index (Phi) is 6.29. The van der Waals surface area contributed by atoms with Gasteiger partial charge < -0.3 is 15.1 Å². The fourth-order valence-corrected chi connectivity index (χ4v) is 3.16. The number of carbonyl (C=O) groups excluding carboxylic acids is 3. The second-order valence-electron chi connectivity index (χ2n) is 6.48. The number of halogens is 2. The Morgan fingerprint density at radius 3 is 2.14 bits per heavy atom. The lowest BCUT2D eigenvalue weighted by Gasteiger charge is -2.34. The van der Waals surface area contributed by atoms with Crippen molar-refractivity contribution in [2.45, 2.75) is 0 Å². The van der Waals surface area contributed by atoms with Crippen LogP contribution in [0.15, 0.2) is 55.1 Å². The van der Waals surface area contributed by atoms with Crippen LogP contribution in [0.4, 0.5) is 10.1 Å². The number of piperazine rings is 1. The summed E-state index contributed by atoms with van der Waals surface area (Å²) in [6.45, 7) is 5.29. The largest absolute Gasteiger partial charge is 0.336 e. The topological polar surface area (TPSA) is 69.7 Å². The van der Waals surface area contributed by atoms with Gasteiger partial charge >= 0.3 is 0 Å². The first-order chi connectivity index (χ1) is 13.9. The van der Waals surface area contributed by atoms with Crippen molar-refractivity contribution in [1.29, 1.82) is 0 Å². The van der Waals surface area contributed by atoms with Crippen molar-refractivity contribution in [1.82, 2.24) is 9.80 Å². The summed E-state index contributed by atoms with van der Waals surface area (Å²) in [5, 5.41) is 2.55. The molecule has 1 fully saturated rings. The lowest BCUT2D eigenvalue weighted by atomic mass is 10.1. The van der Waals surface area contributed by atoms with Gasteiger partial charge in [-0.05, 0) is 48.5 Å². The second-order valence-corrected chi connectivity index (χ2v) is 6.89. The molecular formula is C21H19ClFN3O3. The minimum atomic E-state index is -0.597. The van der Waals surface area contributed by atoms with Gasteiger partial charge in [0.15, 0.2) is 0 Å². The molecule has 0 unspecified atom stereocenters. The Hall–Kier alpha value is -3.19. The van der Waals surface area contributed by atoms with E-state index in [0.717, 1.165) is 6.07 Å². The van der Waals surface area contributed by atoms with Crippen LogP contribution in [0, 0.1) is 5.82 Å². The van der Waals surface area contributed by atoms with Crippen molar-refractivity contribution in [3.63, 3.8) is 0 Å². The van der Waals surface area contributed by atoms with Gasteiger partial charge in [0.2, 0.25) is 5.91 Å². The fourth-order valence-electron chi connectivity index (χ4n) is 2.98. The predicted molar refractivity (Wildman–Crippen MR) is 108 cm³/mol.